The fraction of sp³-hybridized carbons (Fsp3) is 0.143. The molecular formula is C7H11ClN2O. The minimum atomic E-state index is 0. The highest BCUT2D eigenvalue weighted by Gasteiger charge is 1.90. The normalized spacial score (nSPS) is 8.55. The molecule has 1 aromatic carbocycles. The zero-order chi connectivity index (χ0) is 7.40. The van der Waals surface area contributed by atoms with Gasteiger partial charge >= 0.3 is 0 Å². The lowest BCUT2D eigenvalue weighted by Gasteiger charge is -2.00. The van der Waals surface area contributed by atoms with Crippen molar-refractivity contribution >= 4 is 18.1 Å². The molecule has 0 heterocycles. The van der Waals surface area contributed by atoms with E-state index in [1.807, 2.05) is 18.2 Å². The van der Waals surface area contributed by atoms with Gasteiger partial charge < -0.3 is 10.5 Å². The summed E-state index contributed by atoms with van der Waals surface area (Å²) in [4.78, 5) is 0. The summed E-state index contributed by atoms with van der Waals surface area (Å²) in [6.07, 6.45) is 0. The summed E-state index contributed by atoms with van der Waals surface area (Å²) in [7, 11) is 0. The SMILES string of the molecule is Cl.NNc1cccc(CO)c1. The molecule has 0 aromatic heterocycles. The molecule has 0 saturated carbocycles. The van der Waals surface area contributed by atoms with Crippen LogP contribution in [-0.2, 0) is 6.61 Å². The second-order valence-corrected chi connectivity index (χ2v) is 2.00. The third-order valence-electron chi connectivity index (χ3n) is 1.28. The van der Waals surface area contributed by atoms with Gasteiger partial charge in [-0.2, -0.15) is 0 Å². The van der Waals surface area contributed by atoms with E-state index in [1.54, 1.807) is 6.07 Å². The molecule has 4 heteroatoms. The Balaban J connectivity index is 0.000001000. The number of hydrogen-bond acceptors (Lipinski definition) is 3. The highest BCUT2D eigenvalue weighted by Crippen LogP contribution is 2.07. The minimum Gasteiger partial charge on any atom is -0.392 e. The van der Waals surface area contributed by atoms with E-state index in [-0.39, 0.29) is 19.0 Å². The number of rotatable bonds is 2. The van der Waals surface area contributed by atoms with Crippen LogP contribution in [0.5, 0.6) is 0 Å². The summed E-state index contributed by atoms with van der Waals surface area (Å²) >= 11 is 0. The molecule has 4 N–H and O–H groups in total. The highest BCUT2D eigenvalue weighted by atomic mass is 35.5. The van der Waals surface area contributed by atoms with Gasteiger partial charge in [-0.1, -0.05) is 12.1 Å². The van der Waals surface area contributed by atoms with Gasteiger partial charge in [-0.25, -0.2) is 0 Å². The van der Waals surface area contributed by atoms with Gasteiger partial charge in [-0.05, 0) is 17.7 Å². The van der Waals surface area contributed by atoms with Crippen LogP contribution in [0.15, 0.2) is 24.3 Å². The van der Waals surface area contributed by atoms with Crippen molar-refractivity contribution in [3.63, 3.8) is 0 Å². The molecule has 1 aromatic rings. The van der Waals surface area contributed by atoms with Crippen molar-refractivity contribution in [1.82, 2.24) is 0 Å². The third-order valence-corrected chi connectivity index (χ3v) is 1.28. The maximum Gasteiger partial charge on any atom is 0.0682 e. The van der Waals surface area contributed by atoms with Gasteiger partial charge in [0.15, 0.2) is 0 Å². The van der Waals surface area contributed by atoms with Gasteiger partial charge in [0.2, 0.25) is 0 Å². The fourth-order valence-electron chi connectivity index (χ4n) is 0.759. The molecule has 0 atom stereocenters. The second kappa shape index (κ2) is 4.96. The van der Waals surface area contributed by atoms with Crippen molar-refractivity contribution in [2.24, 2.45) is 5.84 Å². The van der Waals surface area contributed by atoms with Crippen LogP contribution >= 0.6 is 12.4 Å². The van der Waals surface area contributed by atoms with Gasteiger partial charge in [0.1, 0.15) is 0 Å². The van der Waals surface area contributed by atoms with E-state index < -0.39 is 0 Å². The fourth-order valence-corrected chi connectivity index (χ4v) is 0.759. The van der Waals surface area contributed by atoms with Gasteiger partial charge in [0.25, 0.3) is 0 Å². The third kappa shape index (κ3) is 2.76. The molecule has 11 heavy (non-hydrogen) atoms. The first kappa shape index (κ1) is 10.2. The monoisotopic (exact) mass is 174 g/mol. The van der Waals surface area contributed by atoms with Gasteiger partial charge in [0.05, 0.1) is 6.61 Å². The van der Waals surface area contributed by atoms with Gasteiger partial charge in [0, 0.05) is 5.69 Å². The molecule has 62 valence electrons. The molecule has 0 aliphatic carbocycles. The number of anilines is 1. The topological polar surface area (TPSA) is 58.3 Å². The summed E-state index contributed by atoms with van der Waals surface area (Å²) in [6.45, 7) is 0.0511. The lowest BCUT2D eigenvalue weighted by molar-refractivity contribution is 0.282. The summed E-state index contributed by atoms with van der Waals surface area (Å²) in [5.41, 5.74) is 4.16. The number of aliphatic hydroxyl groups is 1. The first-order chi connectivity index (χ1) is 4.86. The van der Waals surface area contributed by atoms with E-state index in [9.17, 15) is 0 Å². The number of halogens is 1. The Labute approximate surface area is 71.6 Å². The van der Waals surface area contributed by atoms with Crippen molar-refractivity contribution in [2.45, 2.75) is 6.61 Å². The van der Waals surface area contributed by atoms with Crippen LogP contribution in [0.4, 0.5) is 5.69 Å². The maximum atomic E-state index is 8.69. The maximum absolute atomic E-state index is 8.69. The van der Waals surface area contributed by atoms with E-state index in [0.29, 0.717) is 0 Å². The van der Waals surface area contributed by atoms with E-state index >= 15 is 0 Å². The zero-order valence-corrected chi connectivity index (χ0v) is 6.77. The standard InChI is InChI=1S/C7H10N2O.ClH/c8-9-7-3-1-2-6(4-7)5-10;/h1-4,9-10H,5,8H2;1H. The smallest absolute Gasteiger partial charge is 0.0682 e. The summed E-state index contributed by atoms with van der Waals surface area (Å²) in [5.74, 6) is 5.14. The molecule has 0 fully saturated rings. The molecule has 1 rings (SSSR count). The number of nitrogens with two attached hydrogens (primary N) is 1. The molecule has 0 radical (unpaired) electrons. The van der Waals surface area contributed by atoms with Crippen molar-refractivity contribution in [1.29, 1.82) is 0 Å². The average molecular weight is 175 g/mol. The Hall–Kier alpha value is -0.770. The number of nitrogen functional groups attached to an aromatic ring is 1. The van der Waals surface area contributed by atoms with Crippen LogP contribution in [0, 0.1) is 0 Å². The molecule has 0 amide bonds. The first-order valence-electron chi connectivity index (χ1n) is 3.03. The molecule has 0 aliphatic rings. The van der Waals surface area contributed by atoms with Crippen LogP contribution in [0.3, 0.4) is 0 Å². The van der Waals surface area contributed by atoms with Crippen molar-refractivity contribution in [2.75, 3.05) is 5.43 Å². The quantitative estimate of drug-likeness (QED) is 0.461. The number of hydrogen-bond donors (Lipinski definition) is 3. The summed E-state index contributed by atoms with van der Waals surface area (Å²) < 4.78 is 0. The number of aliphatic hydroxyl groups excluding tert-OH is 1. The predicted molar refractivity (Wildman–Crippen MR) is 47.4 cm³/mol. The number of nitrogens with one attached hydrogen (secondary N) is 1. The Bertz CT molecular complexity index is 198. The van der Waals surface area contributed by atoms with Crippen LogP contribution in [0.2, 0.25) is 0 Å². The van der Waals surface area contributed by atoms with Crippen molar-refractivity contribution in [3.8, 4) is 0 Å². The molecule has 0 bridgehead atoms. The van der Waals surface area contributed by atoms with E-state index in [0.717, 1.165) is 11.3 Å². The van der Waals surface area contributed by atoms with E-state index in [4.69, 9.17) is 10.9 Å². The predicted octanol–water partition coefficient (Wildman–Crippen LogP) is 0.886. The first-order valence-corrected chi connectivity index (χ1v) is 3.03. The van der Waals surface area contributed by atoms with E-state index in [1.165, 1.54) is 0 Å². The average Bonchev–Trinajstić information content (AvgIpc) is 2.05. The largest absolute Gasteiger partial charge is 0.392 e. The highest BCUT2D eigenvalue weighted by molar-refractivity contribution is 5.85. The lowest BCUT2D eigenvalue weighted by atomic mass is 10.2. The Kier molecular flexibility index (Phi) is 4.61. The number of benzene rings is 1. The van der Waals surface area contributed by atoms with Crippen LogP contribution < -0.4 is 11.3 Å². The Morgan fingerprint density at radius 3 is 2.73 bits per heavy atom. The summed E-state index contributed by atoms with van der Waals surface area (Å²) in [6, 6.07) is 7.29. The molecular weight excluding hydrogens is 164 g/mol. The Morgan fingerprint density at radius 1 is 1.45 bits per heavy atom. The molecule has 0 spiro atoms. The minimum absolute atomic E-state index is 0. The van der Waals surface area contributed by atoms with Crippen LogP contribution in [0.25, 0.3) is 0 Å². The van der Waals surface area contributed by atoms with E-state index in [2.05, 4.69) is 5.43 Å². The molecule has 0 saturated heterocycles. The van der Waals surface area contributed by atoms with Crippen LogP contribution in [0.1, 0.15) is 5.56 Å². The van der Waals surface area contributed by atoms with Gasteiger partial charge in [-0.3, -0.25) is 5.84 Å². The van der Waals surface area contributed by atoms with Gasteiger partial charge in [-0.15, -0.1) is 12.4 Å². The second-order valence-electron chi connectivity index (χ2n) is 2.00. The lowest BCUT2D eigenvalue weighted by Crippen LogP contribution is -2.06. The molecule has 3 nitrogen and oxygen atoms in total. The van der Waals surface area contributed by atoms with Crippen molar-refractivity contribution in [3.05, 3.63) is 29.8 Å². The van der Waals surface area contributed by atoms with Crippen LogP contribution in [-0.4, -0.2) is 5.11 Å². The number of hydrazine groups is 1. The Morgan fingerprint density at radius 2 is 2.18 bits per heavy atom. The zero-order valence-electron chi connectivity index (χ0n) is 5.95. The molecule has 0 unspecified atom stereocenters. The summed E-state index contributed by atoms with van der Waals surface area (Å²) in [5, 5.41) is 8.69. The van der Waals surface area contributed by atoms with Crippen molar-refractivity contribution < 1.29 is 5.11 Å². The molecule has 0 aliphatic heterocycles.